The summed E-state index contributed by atoms with van der Waals surface area (Å²) < 4.78 is 0. The number of rotatable bonds is 0. The molecule has 13 heteroatoms. The Balaban J connectivity index is 0. The van der Waals surface area contributed by atoms with Crippen molar-refractivity contribution in [1.82, 2.24) is 0 Å². The SMILES string of the molecule is O.O.O.O.O.O.O.O.O.[Al+3].[Cl-].[Cl-].[Cl-]. The molecule has 0 saturated heterocycles. The molecule has 0 aromatic heterocycles. The minimum absolute atomic E-state index is 0. The van der Waals surface area contributed by atoms with Crippen LogP contribution in [0.25, 0.3) is 0 Å². The molecular weight excluding hydrogens is 277 g/mol. The molecule has 0 saturated carbocycles. The first kappa shape index (κ1) is 2200. The van der Waals surface area contributed by atoms with Crippen LogP contribution in [-0.4, -0.2) is 66.6 Å². The first-order valence-electron chi connectivity index (χ1n) is 0. The number of hydrogen-bond donors (Lipinski definition) is 0. The Labute approximate surface area is 104 Å². The molecular formula is H18AlCl3O9. The van der Waals surface area contributed by atoms with Gasteiger partial charge in [-0.3, -0.25) is 0 Å². The quantitative estimate of drug-likeness (QED) is 0.376. The first-order valence-corrected chi connectivity index (χ1v) is 0. The van der Waals surface area contributed by atoms with E-state index in [4.69, 9.17) is 0 Å². The molecule has 0 aromatic carbocycles. The molecule has 0 bridgehead atoms. The third kappa shape index (κ3) is 1460. The summed E-state index contributed by atoms with van der Waals surface area (Å²) in [5.74, 6) is 0. The monoisotopic (exact) mass is 294 g/mol. The summed E-state index contributed by atoms with van der Waals surface area (Å²) in [7, 11) is 0. The summed E-state index contributed by atoms with van der Waals surface area (Å²) in [6.07, 6.45) is 0. The fourth-order valence-electron chi connectivity index (χ4n) is 0. The minimum atomic E-state index is 0. The molecule has 0 radical (unpaired) electrons. The molecule has 9 nitrogen and oxygen atoms in total. The van der Waals surface area contributed by atoms with Crippen molar-refractivity contribution in [3.05, 3.63) is 0 Å². The Morgan fingerprint density at radius 3 is 0.231 bits per heavy atom. The second kappa shape index (κ2) is 1740. The summed E-state index contributed by atoms with van der Waals surface area (Å²) in [6, 6.07) is 0. The smallest absolute Gasteiger partial charge is 1.00 e. The summed E-state index contributed by atoms with van der Waals surface area (Å²) in [5, 5.41) is 0. The zero-order valence-corrected chi connectivity index (χ0v) is 9.63. The molecule has 0 aliphatic rings. The number of halogens is 3. The second-order valence-electron chi connectivity index (χ2n) is 0. The van der Waals surface area contributed by atoms with E-state index >= 15 is 0 Å². The van der Waals surface area contributed by atoms with Gasteiger partial charge in [0, 0.05) is 0 Å². The molecule has 0 heterocycles. The van der Waals surface area contributed by atoms with Gasteiger partial charge in [-0.2, -0.15) is 0 Å². The second-order valence-corrected chi connectivity index (χ2v) is 0. The summed E-state index contributed by atoms with van der Waals surface area (Å²) >= 11 is 0. The molecule has 0 amide bonds. The van der Waals surface area contributed by atoms with Crippen molar-refractivity contribution in [2.75, 3.05) is 0 Å². The van der Waals surface area contributed by atoms with Crippen LogP contribution in [0.3, 0.4) is 0 Å². The van der Waals surface area contributed by atoms with Gasteiger partial charge in [0.25, 0.3) is 0 Å². The molecule has 0 unspecified atom stereocenters. The van der Waals surface area contributed by atoms with Gasteiger partial charge in [0.1, 0.15) is 0 Å². The zero-order valence-electron chi connectivity index (χ0n) is 6.21. The fraction of sp³-hybridized carbons (Fsp3) is 0. The van der Waals surface area contributed by atoms with Gasteiger partial charge < -0.3 is 86.5 Å². The minimum Gasteiger partial charge on any atom is -1.00 e. The van der Waals surface area contributed by atoms with Crippen molar-refractivity contribution in [2.24, 2.45) is 0 Å². The van der Waals surface area contributed by atoms with Crippen LogP contribution in [0.2, 0.25) is 0 Å². The van der Waals surface area contributed by atoms with E-state index < -0.39 is 0 Å². The first-order chi connectivity index (χ1) is 0. The average molecular weight is 295 g/mol. The van der Waals surface area contributed by atoms with Crippen molar-refractivity contribution in [1.29, 1.82) is 0 Å². The predicted octanol–water partition coefficient (Wildman–Crippen LogP) is -16.8. The predicted molar refractivity (Wildman–Crippen MR) is 38.3 cm³/mol. The van der Waals surface area contributed by atoms with Gasteiger partial charge in [-0.25, -0.2) is 0 Å². The number of hydrogen-bond acceptors (Lipinski definition) is 0. The molecule has 0 rings (SSSR count). The van der Waals surface area contributed by atoms with E-state index in [1.807, 2.05) is 0 Å². The van der Waals surface area contributed by atoms with Crippen LogP contribution >= 0.6 is 0 Å². The zero-order chi connectivity index (χ0) is 0. The van der Waals surface area contributed by atoms with Crippen molar-refractivity contribution in [2.45, 2.75) is 0 Å². The van der Waals surface area contributed by atoms with Crippen LogP contribution in [0, 0.1) is 0 Å². The van der Waals surface area contributed by atoms with Gasteiger partial charge >= 0.3 is 17.4 Å². The van der Waals surface area contributed by atoms with Crippen molar-refractivity contribution in [3.8, 4) is 0 Å². The third-order valence-corrected chi connectivity index (χ3v) is 0. The Bertz CT molecular complexity index is 14.8. The fourth-order valence-corrected chi connectivity index (χ4v) is 0. The maximum atomic E-state index is 0. The van der Waals surface area contributed by atoms with E-state index in [1.54, 1.807) is 0 Å². The Morgan fingerprint density at radius 1 is 0.231 bits per heavy atom. The van der Waals surface area contributed by atoms with Crippen LogP contribution in [0.5, 0.6) is 0 Å². The normalized spacial score (nSPS) is 0. The molecule has 0 aliphatic carbocycles. The van der Waals surface area contributed by atoms with Crippen LogP contribution in [-0.2, 0) is 0 Å². The van der Waals surface area contributed by atoms with E-state index in [1.165, 1.54) is 0 Å². The van der Waals surface area contributed by atoms with Crippen LogP contribution in [0.1, 0.15) is 0 Å². The average Bonchev–Trinajstić information content (AvgIpc) is 0. The summed E-state index contributed by atoms with van der Waals surface area (Å²) in [6.45, 7) is 0. The summed E-state index contributed by atoms with van der Waals surface area (Å²) in [5.41, 5.74) is 0. The molecule has 0 fully saturated rings. The van der Waals surface area contributed by atoms with Gasteiger partial charge in [0.05, 0.1) is 0 Å². The van der Waals surface area contributed by atoms with Crippen molar-refractivity contribution in [3.63, 3.8) is 0 Å². The van der Waals surface area contributed by atoms with Gasteiger partial charge in [-0.15, -0.1) is 0 Å². The largest absolute Gasteiger partial charge is 3.00 e. The van der Waals surface area contributed by atoms with E-state index in [9.17, 15) is 0 Å². The molecule has 18 N–H and O–H groups in total. The maximum Gasteiger partial charge on any atom is 3.00 e. The van der Waals surface area contributed by atoms with Crippen LogP contribution in [0.4, 0.5) is 0 Å². The standard InChI is InChI=1S/Al.3ClH.9H2O/h;3*1H;9*1H2/q+3;;;;;;;;;;;;/p-3. The Morgan fingerprint density at radius 2 is 0.231 bits per heavy atom. The van der Waals surface area contributed by atoms with E-state index in [0.717, 1.165) is 0 Å². The molecule has 13 heavy (non-hydrogen) atoms. The van der Waals surface area contributed by atoms with Crippen molar-refractivity contribution >= 4 is 17.4 Å². The van der Waals surface area contributed by atoms with Crippen molar-refractivity contribution < 1.29 is 86.5 Å². The van der Waals surface area contributed by atoms with E-state index in [-0.39, 0.29) is 104 Å². The van der Waals surface area contributed by atoms with E-state index in [2.05, 4.69) is 0 Å². The molecule has 0 aliphatic heterocycles. The Hall–Kier alpha value is 1.04. The van der Waals surface area contributed by atoms with Crippen LogP contribution < -0.4 is 37.2 Å². The third-order valence-electron chi connectivity index (χ3n) is 0. The maximum absolute atomic E-state index is 0. The molecule has 0 atom stereocenters. The van der Waals surface area contributed by atoms with Gasteiger partial charge in [-0.05, 0) is 0 Å². The van der Waals surface area contributed by atoms with Gasteiger partial charge in [-0.1, -0.05) is 0 Å². The van der Waals surface area contributed by atoms with Crippen LogP contribution in [0.15, 0.2) is 0 Å². The van der Waals surface area contributed by atoms with Gasteiger partial charge in [0.15, 0.2) is 0 Å². The Kier molecular flexibility index (Phi) is 294000. The molecule has 0 aromatic rings. The molecule has 96 valence electrons. The summed E-state index contributed by atoms with van der Waals surface area (Å²) in [4.78, 5) is 0. The van der Waals surface area contributed by atoms with E-state index in [0.29, 0.717) is 0 Å². The topological polar surface area (TPSA) is 284 Å². The van der Waals surface area contributed by atoms with Gasteiger partial charge in [0.2, 0.25) is 0 Å². The molecule has 0 spiro atoms.